The van der Waals surface area contributed by atoms with Gasteiger partial charge in [0.15, 0.2) is 0 Å². The average molecular weight is 363 g/mol. The van der Waals surface area contributed by atoms with Crippen LogP contribution in [0.1, 0.15) is 18.1 Å². The van der Waals surface area contributed by atoms with Crippen LogP contribution in [0.25, 0.3) is 0 Å². The van der Waals surface area contributed by atoms with Gasteiger partial charge >= 0.3 is 0 Å². The van der Waals surface area contributed by atoms with Crippen LogP contribution < -0.4 is 5.32 Å². The lowest BCUT2D eigenvalue weighted by Crippen LogP contribution is -2.47. The van der Waals surface area contributed by atoms with Crippen molar-refractivity contribution in [1.82, 2.24) is 10.2 Å². The second-order valence-corrected chi connectivity index (χ2v) is 6.15. The summed E-state index contributed by atoms with van der Waals surface area (Å²) in [5.74, 6) is -0.996. The van der Waals surface area contributed by atoms with E-state index in [1.54, 1.807) is 49.4 Å². The maximum atomic E-state index is 14.0. The summed E-state index contributed by atoms with van der Waals surface area (Å²) in [4.78, 5) is 26.2. The molecular formula is C19H20ClFN2O2. The van der Waals surface area contributed by atoms with E-state index in [0.29, 0.717) is 10.6 Å². The highest BCUT2D eigenvalue weighted by Gasteiger charge is 2.26. The first kappa shape index (κ1) is 18.9. The van der Waals surface area contributed by atoms with E-state index in [-0.39, 0.29) is 24.8 Å². The van der Waals surface area contributed by atoms with Crippen molar-refractivity contribution < 1.29 is 14.0 Å². The molecule has 0 aliphatic heterocycles. The van der Waals surface area contributed by atoms with Gasteiger partial charge in [-0.1, -0.05) is 41.9 Å². The van der Waals surface area contributed by atoms with Crippen LogP contribution in [0, 0.1) is 5.82 Å². The van der Waals surface area contributed by atoms with E-state index in [9.17, 15) is 14.0 Å². The lowest BCUT2D eigenvalue weighted by Gasteiger charge is -2.28. The first-order valence-corrected chi connectivity index (χ1v) is 8.29. The molecule has 2 aromatic carbocycles. The van der Waals surface area contributed by atoms with E-state index in [2.05, 4.69) is 5.32 Å². The number of likely N-dealkylation sites (N-methyl/N-ethyl adjacent to an activating group) is 1. The number of carbonyl (C=O) groups is 2. The van der Waals surface area contributed by atoms with E-state index < -0.39 is 11.9 Å². The lowest BCUT2D eigenvalue weighted by molar-refractivity contribution is -0.139. The Bertz CT molecular complexity index is 767. The molecule has 0 spiro atoms. The fraction of sp³-hybridized carbons (Fsp3) is 0.263. The Morgan fingerprint density at radius 3 is 2.56 bits per heavy atom. The van der Waals surface area contributed by atoms with Crippen molar-refractivity contribution in [1.29, 1.82) is 0 Å². The third kappa shape index (κ3) is 5.03. The molecule has 0 aromatic heterocycles. The van der Waals surface area contributed by atoms with E-state index in [1.807, 2.05) is 0 Å². The highest BCUT2D eigenvalue weighted by atomic mass is 35.5. The maximum Gasteiger partial charge on any atom is 0.242 e. The molecule has 0 aliphatic rings. The molecule has 0 bridgehead atoms. The SMILES string of the molecule is CNC(=O)[C@@H](C)N(Cc1ccccc1F)C(=O)Cc1cccc(Cl)c1. The Balaban J connectivity index is 2.25. The summed E-state index contributed by atoms with van der Waals surface area (Å²) in [6.45, 7) is 1.64. The van der Waals surface area contributed by atoms with Crippen molar-refractivity contribution in [3.63, 3.8) is 0 Å². The number of hydrogen-bond acceptors (Lipinski definition) is 2. The van der Waals surface area contributed by atoms with Gasteiger partial charge in [0.1, 0.15) is 11.9 Å². The summed E-state index contributed by atoms with van der Waals surface area (Å²) >= 11 is 5.96. The molecule has 0 radical (unpaired) electrons. The van der Waals surface area contributed by atoms with Gasteiger partial charge in [0.2, 0.25) is 11.8 Å². The number of halogens is 2. The first-order chi connectivity index (χ1) is 11.9. The normalized spacial score (nSPS) is 11.7. The van der Waals surface area contributed by atoms with Crippen LogP contribution in [0.15, 0.2) is 48.5 Å². The molecule has 132 valence electrons. The van der Waals surface area contributed by atoms with Crippen molar-refractivity contribution in [2.24, 2.45) is 0 Å². The number of nitrogens with zero attached hydrogens (tertiary/aromatic N) is 1. The third-order valence-corrected chi connectivity index (χ3v) is 4.19. The van der Waals surface area contributed by atoms with Crippen molar-refractivity contribution in [3.05, 3.63) is 70.5 Å². The van der Waals surface area contributed by atoms with Crippen molar-refractivity contribution in [2.45, 2.75) is 25.9 Å². The molecule has 25 heavy (non-hydrogen) atoms. The average Bonchev–Trinajstić information content (AvgIpc) is 2.59. The second kappa shape index (κ2) is 8.62. The Hall–Kier alpha value is -2.40. The van der Waals surface area contributed by atoms with Gasteiger partial charge in [-0.05, 0) is 30.7 Å². The van der Waals surface area contributed by atoms with Gasteiger partial charge in [0.05, 0.1) is 6.42 Å². The molecule has 1 atom stereocenters. The molecule has 0 saturated carbocycles. The first-order valence-electron chi connectivity index (χ1n) is 7.91. The summed E-state index contributed by atoms with van der Waals surface area (Å²) in [6.07, 6.45) is 0.0797. The molecule has 0 fully saturated rings. The number of nitrogens with one attached hydrogen (secondary N) is 1. The van der Waals surface area contributed by atoms with Crippen LogP contribution >= 0.6 is 11.6 Å². The summed E-state index contributed by atoms with van der Waals surface area (Å²) in [5.41, 5.74) is 1.10. The highest BCUT2D eigenvalue weighted by molar-refractivity contribution is 6.30. The van der Waals surface area contributed by atoms with Gasteiger partial charge in [-0.2, -0.15) is 0 Å². The second-order valence-electron chi connectivity index (χ2n) is 5.71. The molecular weight excluding hydrogens is 343 g/mol. The molecule has 2 amide bonds. The van der Waals surface area contributed by atoms with E-state index in [4.69, 9.17) is 11.6 Å². The minimum Gasteiger partial charge on any atom is -0.357 e. The van der Waals surface area contributed by atoms with Crippen LogP contribution in [0.4, 0.5) is 4.39 Å². The molecule has 2 rings (SSSR count). The van der Waals surface area contributed by atoms with Gasteiger partial charge < -0.3 is 10.2 Å². The minimum absolute atomic E-state index is 0.0145. The molecule has 6 heteroatoms. The fourth-order valence-electron chi connectivity index (χ4n) is 2.52. The summed E-state index contributed by atoms with van der Waals surface area (Å²) in [5, 5.41) is 3.06. The Morgan fingerprint density at radius 2 is 1.92 bits per heavy atom. The molecule has 0 heterocycles. The van der Waals surface area contributed by atoms with Gasteiger partial charge in [0.25, 0.3) is 0 Å². The van der Waals surface area contributed by atoms with Crippen LogP contribution in [-0.2, 0) is 22.6 Å². The van der Waals surface area contributed by atoms with Gasteiger partial charge in [0, 0.05) is 24.2 Å². The van der Waals surface area contributed by atoms with Gasteiger partial charge in [-0.15, -0.1) is 0 Å². The Kier molecular flexibility index (Phi) is 6.53. The number of benzene rings is 2. The third-order valence-electron chi connectivity index (χ3n) is 3.96. The van der Waals surface area contributed by atoms with E-state index in [0.717, 1.165) is 5.56 Å². The molecule has 0 saturated heterocycles. The molecule has 1 N–H and O–H groups in total. The largest absolute Gasteiger partial charge is 0.357 e. The predicted molar refractivity (Wildman–Crippen MR) is 95.6 cm³/mol. The van der Waals surface area contributed by atoms with E-state index in [1.165, 1.54) is 18.0 Å². The van der Waals surface area contributed by atoms with Gasteiger partial charge in [-0.25, -0.2) is 4.39 Å². The standard InChI is InChI=1S/C19H20ClFN2O2/c1-13(19(25)22-2)23(12-15-7-3-4-9-17(15)21)18(24)11-14-6-5-8-16(20)10-14/h3-10,13H,11-12H2,1-2H3,(H,22,25)/t13-/m1/s1. The maximum absolute atomic E-state index is 14.0. The molecule has 4 nitrogen and oxygen atoms in total. The minimum atomic E-state index is -0.726. The number of hydrogen-bond donors (Lipinski definition) is 1. The zero-order valence-corrected chi connectivity index (χ0v) is 14.9. The molecule has 2 aromatic rings. The van der Waals surface area contributed by atoms with E-state index >= 15 is 0 Å². The summed E-state index contributed by atoms with van der Waals surface area (Å²) in [6, 6.07) is 12.5. The quantitative estimate of drug-likeness (QED) is 0.858. The van der Waals surface area contributed by atoms with Gasteiger partial charge in [-0.3, -0.25) is 9.59 Å². The monoisotopic (exact) mass is 362 g/mol. The Labute approximate surface area is 151 Å². The number of rotatable bonds is 6. The van der Waals surface area contributed by atoms with Crippen molar-refractivity contribution >= 4 is 23.4 Å². The zero-order valence-electron chi connectivity index (χ0n) is 14.1. The summed E-state index contributed by atoms with van der Waals surface area (Å²) < 4.78 is 14.0. The Morgan fingerprint density at radius 1 is 1.20 bits per heavy atom. The lowest BCUT2D eigenvalue weighted by atomic mass is 10.1. The van der Waals surface area contributed by atoms with Crippen LogP contribution in [0.5, 0.6) is 0 Å². The number of carbonyl (C=O) groups excluding carboxylic acids is 2. The predicted octanol–water partition coefficient (Wildman–Crippen LogP) is 3.18. The summed E-state index contributed by atoms with van der Waals surface area (Å²) in [7, 11) is 1.50. The van der Waals surface area contributed by atoms with Crippen LogP contribution in [0.2, 0.25) is 5.02 Å². The molecule has 0 aliphatic carbocycles. The van der Waals surface area contributed by atoms with Crippen molar-refractivity contribution in [3.8, 4) is 0 Å². The van der Waals surface area contributed by atoms with Crippen molar-refractivity contribution in [2.75, 3.05) is 7.05 Å². The highest BCUT2D eigenvalue weighted by Crippen LogP contribution is 2.16. The topological polar surface area (TPSA) is 49.4 Å². The van der Waals surface area contributed by atoms with Crippen LogP contribution in [0.3, 0.4) is 0 Å². The fourth-order valence-corrected chi connectivity index (χ4v) is 2.74. The zero-order chi connectivity index (χ0) is 18.4. The molecule has 0 unspecified atom stereocenters. The number of amides is 2. The smallest absolute Gasteiger partial charge is 0.242 e. The van der Waals surface area contributed by atoms with Crippen LogP contribution in [-0.4, -0.2) is 29.8 Å².